The van der Waals surface area contributed by atoms with Crippen LogP contribution < -0.4 is 0 Å². The highest BCUT2D eigenvalue weighted by Crippen LogP contribution is 2.54. The number of carbonyl (C=O) groups is 1. The van der Waals surface area contributed by atoms with Crippen LogP contribution in [0.4, 0.5) is 4.79 Å². The molecule has 5 aliphatic rings. The number of likely N-dealkylation sites (tertiary alicyclic amines) is 1. The predicted octanol–water partition coefficient (Wildman–Crippen LogP) is 4.78. The van der Waals surface area contributed by atoms with Crippen LogP contribution in [0.1, 0.15) is 56.6 Å². The van der Waals surface area contributed by atoms with E-state index in [1.54, 1.807) is 0 Å². The molecule has 3 nitrogen and oxygen atoms in total. The standard InChI is InChI=1S/C21H27NO2/c23-21(22-8-4-7-19(22)16-5-2-1-3-6-16)24-20-17-10-14-9-15(12-17)13-18(20)11-14/h1-3,5-6,14-15,17-20H,4,7-13H2. The first-order chi connectivity index (χ1) is 11.8. The molecule has 1 aromatic carbocycles. The molecule has 6 rings (SSSR count). The van der Waals surface area contributed by atoms with E-state index in [2.05, 4.69) is 24.3 Å². The number of benzene rings is 1. The van der Waals surface area contributed by atoms with E-state index in [-0.39, 0.29) is 18.2 Å². The minimum Gasteiger partial charge on any atom is -0.445 e. The number of hydrogen-bond acceptors (Lipinski definition) is 2. The van der Waals surface area contributed by atoms with Gasteiger partial charge in [-0.15, -0.1) is 0 Å². The van der Waals surface area contributed by atoms with E-state index >= 15 is 0 Å². The van der Waals surface area contributed by atoms with Crippen molar-refractivity contribution in [2.24, 2.45) is 23.7 Å². The van der Waals surface area contributed by atoms with E-state index in [9.17, 15) is 4.79 Å². The van der Waals surface area contributed by atoms with E-state index in [1.807, 2.05) is 11.0 Å². The number of nitrogens with zero attached hydrogens (tertiary/aromatic N) is 1. The largest absolute Gasteiger partial charge is 0.445 e. The van der Waals surface area contributed by atoms with Crippen LogP contribution in [0.25, 0.3) is 0 Å². The fourth-order valence-electron chi connectivity index (χ4n) is 6.26. The van der Waals surface area contributed by atoms with Gasteiger partial charge in [-0.3, -0.25) is 0 Å². The maximum atomic E-state index is 12.9. The fraction of sp³-hybridized carbons (Fsp3) is 0.667. The molecule has 4 aliphatic carbocycles. The van der Waals surface area contributed by atoms with Crippen molar-refractivity contribution in [3.8, 4) is 0 Å². The van der Waals surface area contributed by atoms with Crippen molar-refractivity contribution in [3.05, 3.63) is 35.9 Å². The lowest BCUT2D eigenvalue weighted by Crippen LogP contribution is -2.51. The summed E-state index contributed by atoms with van der Waals surface area (Å²) in [7, 11) is 0. The van der Waals surface area contributed by atoms with E-state index in [0.717, 1.165) is 31.2 Å². The smallest absolute Gasteiger partial charge is 0.410 e. The molecule has 0 radical (unpaired) electrons. The Hall–Kier alpha value is -1.51. The van der Waals surface area contributed by atoms with Gasteiger partial charge in [-0.1, -0.05) is 30.3 Å². The molecule has 1 unspecified atom stereocenters. The van der Waals surface area contributed by atoms with Gasteiger partial charge in [0.2, 0.25) is 0 Å². The summed E-state index contributed by atoms with van der Waals surface area (Å²) in [6, 6.07) is 10.6. The van der Waals surface area contributed by atoms with Crippen molar-refractivity contribution in [1.82, 2.24) is 4.90 Å². The van der Waals surface area contributed by atoms with Gasteiger partial charge in [0.05, 0.1) is 6.04 Å². The van der Waals surface area contributed by atoms with Crippen LogP contribution in [0.3, 0.4) is 0 Å². The van der Waals surface area contributed by atoms with Crippen LogP contribution in [0.5, 0.6) is 0 Å². The zero-order valence-corrected chi connectivity index (χ0v) is 14.3. The van der Waals surface area contributed by atoms with Gasteiger partial charge < -0.3 is 9.64 Å². The molecule has 5 fully saturated rings. The zero-order valence-electron chi connectivity index (χ0n) is 14.3. The lowest BCUT2D eigenvalue weighted by Gasteiger charge is -2.53. The van der Waals surface area contributed by atoms with Crippen molar-refractivity contribution in [1.29, 1.82) is 0 Å². The lowest BCUT2D eigenvalue weighted by molar-refractivity contribution is -0.103. The molecule has 1 aliphatic heterocycles. The van der Waals surface area contributed by atoms with Gasteiger partial charge in [-0.2, -0.15) is 0 Å². The summed E-state index contributed by atoms with van der Waals surface area (Å²) in [5, 5.41) is 0. The molecule has 0 aromatic heterocycles. The van der Waals surface area contributed by atoms with Gasteiger partial charge in [0.15, 0.2) is 0 Å². The third-order valence-corrected chi connectivity index (χ3v) is 7.05. The van der Waals surface area contributed by atoms with Crippen LogP contribution in [0.15, 0.2) is 30.3 Å². The highest BCUT2D eigenvalue weighted by molar-refractivity contribution is 5.69. The molecule has 4 bridgehead atoms. The molecular weight excluding hydrogens is 298 g/mol. The van der Waals surface area contributed by atoms with Crippen LogP contribution >= 0.6 is 0 Å². The van der Waals surface area contributed by atoms with Gasteiger partial charge in [0, 0.05) is 6.54 Å². The van der Waals surface area contributed by atoms with E-state index < -0.39 is 0 Å². The third kappa shape index (κ3) is 2.44. The monoisotopic (exact) mass is 325 g/mol. The summed E-state index contributed by atoms with van der Waals surface area (Å²) in [4.78, 5) is 14.9. The summed E-state index contributed by atoms with van der Waals surface area (Å²) in [5.74, 6) is 3.13. The summed E-state index contributed by atoms with van der Waals surface area (Å²) in [6.45, 7) is 0.839. The second kappa shape index (κ2) is 5.79. The van der Waals surface area contributed by atoms with E-state index in [0.29, 0.717) is 11.8 Å². The number of ether oxygens (including phenoxy) is 1. The van der Waals surface area contributed by atoms with Crippen molar-refractivity contribution >= 4 is 6.09 Å². The molecule has 128 valence electrons. The van der Waals surface area contributed by atoms with Crippen molar-refractivity contribution in [2.45, 2.75) is 57.1 Å². The Labute approximate surface area is 144 Å². The second-order valence-corrected chi connectivity index (χ2v) is 8.54. The number of rotatable bonds is 2. The number of hydrogen-bond donors (Lipinski definition) is 0. The Bertz CT molecular complexity index is 586. The van der Waals surface area contributed by atoms with Crippen LogP contribution in [0, 0.1) is 23.7 Å². The quantitative estimate of drug-likeness (QED) is 0.783. The van der Waals surface area contributed by atoms with E-state index in [4.69, 9.17) is 4.74 Å². The Balaban J connectivity index is 1.30. The summed E-state index contributed by atoms with van der Waals surface area (Å²) in [5.41, 5.74) is 1.25. The molecule has 0 N–H and O–H groups in total. The zero-order chi connectivity index (χ0) is 16.1. The van der Waals surface area contributed by atoms with Gasteiger partial charge in [0.25, 0.3) is 0 Å². The maximum Gasteiger partial charge on any atom is 0.410 e. The highest BCUT2D eigenvalue weighted by Gasteiger charge is 2.50. The molecule has 24 heavy (non-hydrogen) atoms. The molecular formula is C21H27NO2. The first-order valence-electron chi connectivity index (χ1n) is 9.80. The van der Waals surface area contributed by atoms with Crippen LogP contribution in [0.2, 0.25) is 0 Å². The van der Waals surface area contributed by atoms with Crippen molar-refractivity contribution in [3.63, 3.8) is 0 Å². The van der Waals surface area contributed by atoms with Crippen LogP contribution in [-0.2, 0) is 4.74 Å². The Kier molecular flexibility index (Phi) is 3.57. The Morgan fingerprint density at radius 2 is 1.62 bits per heavy atom. The normalized spacial score (nSPS) is 40.1. The van der Waals surface area contributed by atoms with Gasteiger partial charge in [0.1, 0.15) is 6.10 Å². The predicted molar refractivity (Wildman–Crippen MR) is 92.4 cm³/mol. The van der Waals surface area contributed by atoms with E-state index in [1.165, 1.54) is 37.7 Å². The highest BCUT2D eigenvalue weighted by atomic mass is 16.6. The fourth-order valence-corrected chi connectivity index (χ4v) is 6.26. The molecule has 4 saturated carbocycles. The van der Waals surface area contributed by atoms with Crippen LogP contribution in [-0.4, -0.2) is 23.6 Å². The van der Waals surface area contributed by atoms with Gasteiger partial charge in [-0.25, -0.2) is 4.79 Å². The SMILES string of the molecule is O=C(OC1C2CC3CC(C2)CC1C3)N1CCCC1c1ccccc1. The molecule has 1 amide bonds. The Morgan fingerprint density at radius 1 is 0.958 bits per heavy atom. The first kappa shape index (κ1) is 14.8. The van der Waals surface area contributed by atoms with Gasteiger partial charge in [-0.05, 0) is 74.2 Å². The molecule has 1 atom stereocenters. The van der Waals surface area contributed by atoms with Crippen molar-refractivity contribution < 1.29 is 9.53 Å². The topological polar surface area (TPSA) is 29.5 Å². The minimum absolute atomic E-state index is 0.0566. The van der Waals surface area contributed by atoms with Crippen molar-refractivity contribution in [2.75, 3.05) is 6.54 Å². The molecule has 1 aromatic rings. The summed E-state index contributed by atoms with van der Waals surface area (Å²) < 4.78 is 6.15. The summed E-state index contributed by atoms with van der Waals surface area (Å²) >= 11 is 0. The average Bonchev–Trinajstić information content (AvgIpc) is 3.08. The second-order valence-electron chi connectivity index (χ2n) is 8.54. The Morgan fingerprint density at radius 3 is 2.29 bits per heavy atom. The lowest BCUT2D eigenvalue weighted by atomic mass is 9.55. The maximum absolute atomic E-state index is 12.9. The number of carbonyl (C=O) groups excluding carboxylic acids is 1. The molecule has 3 heteroatoms. The first-order valence-corrected chi connectivity index (χ1v) is 9.80. The number of amides is 1. The molecule has 1 heterocycles. The molecule has 1 saturated heterocycles. The molecule has 0 spiro atoms. The average molecular weight is 325 g/mol. The third-order valence-electron chi connectivity index (χ3n) is 7.05. The minimum atomic E-state index is -0.0566. The summed E-state index contributed by atoms with van der Waals surface area (Å²) in [6.07, 6.45) is 8.91. The van der Waals surface area contributed by atoms with Gasteiger partial charge >= 0.3 is 6.09 Å².